The minimum absolute atomic E-state index is 0.191. The first-order valence-corrected chi connectivity index (χ1v) is 6.96. The highest BCUT2D eigenvalue weighted by atomic mass is 15.2. The standard InChI is InChI=1S/C15H23N3/c1-15(2,3)13-4-5-14(17-8-13)18-9-11-6-16-7-12(11)10-18/h4-5,8,11-12,16H,6-7,9-10H2,1-3H3/t11-,12+. The van der Waals surface area contributed by atoms with Crippen molar-refractivity contribution in [2.45, 2.75) is 26.2 Å². The molecule has 0 unspecified atom stereocenters. The zero-order chi connectivity index (χ0) is 12.8. The molecule has 0 aromatic carbocycles. The van der Waals surface area contributed by atoms with E-state index in [1.165, 1.54) is 31.7 Å². The lowest BCUT2D eigenvalue weighted by atomic mass is 9.88. The van der Waals surface area contributed by atoms with Gasteiger partial charge in [0.2, 0.25) is 0 Å². The van der Waals surface area contributed by atoms with Crippen LogP contribution in [0.5, 0.6) is 0 Å². The highest BCUT2D eigenvalue weighted by Gasteiger charge is 2.36. The first-order valence-electron chi connectivity index (χ1n) is 6.96. The summed E-state index contributed by atoms with van der Waals surface area (Å²) >= 11 is 0. The number of nitrogens with one attached hydrogen (secondary N) is 1. The maximum atomic E-state index is 4.66. The second kappa shape index (κ2) is 4.23. The number of hydrogen-bond acceptors (Lipinski definition) is 3. The van der Waals surface area contributed by atoms with Crippen LogP contribution in [0.25, 0.3) is 0 Å². The molecule has 3 heterocycles. The fourth-order valence-corrected chi connectivity index (χ4v) is 3.06. The third-order valence-corrected chi connectivity index (χ3v) is 4.33. The zero-order valence-electron chi connectivity index (χ0n) is 11.6. The van der Waals surface area contributed by atoms with Crippen LogP contribution in [0, 0.1) is 11.8 Å². The Balaban J connectivity index is 1.74. The van der Waals surface area contributed by atoms with E-state index < -0.39 is 0 Å². The normalized spacial score (nSPS) is 27.6. The van der Waals surface area contributed by atoms with Crippen LogP contribution in [-0.2, 0) is 5.41 Å². The van der Waals surface area contributed by atoms with Crippen LogP contribution in [-0.4, -0.2) is 31.2 Å². The topological polar surface area (TPSA) is 28.2 Å². The molecule has 0 radical (unpaired) electrons. The highest BCUT2D eigenvalue weighted by Crippen LogP contribution is 2.30. The highest BCUT2D eigenvalue weighted by molar-refractivity contribution is 5.42. The van der Waals surface area contributed by atoms with E-state index in [1.54, 1.807) is 0 Å². The molecule has 0 spiro atoms. The lowest BCUT2D eigenvalue weighted by Gasteiger charge is -2.22. The molecule has 0 saturated carbocycles. The summed E-state index contributed by atoms with van der Waals surface area (Å²) in [7, 11) is 0. The van der Waals surface area contributed by atoms with Crippen LogP contribution < -0.4 is 10.2 Å². The van der Waals surface area contributed by atoms with Gasteiger partial charge in [-0.2, -0.15) is 0 Å². The molecule has 2 fully saturated rings. The van der Waals surface area contributed by atoms with Crippen LogP contribution >= 0.6 is 0 Å². The predicted octanol–water partition coefficient (Wildman–Crippen LogP) is 2.03. The van der Waals surface area contributed by atoms with Crippen LogP contribution in [0.1, 0.15) is 26.3 Å². The summed E-state index contributed by atoms with van der Waals surface area (Å²) in [6.07, 6.45) is 2.04. The Morgan fingerprint density at radius 3 is 2.33 bits per heavy atom. The molecule has 3 nitrogen and oxygen atoms in total. The molecule has 98 valence electrons. The van der Waals surface area contributed by atoms with E-state index in [1.807, 2.05) is 6.20 Å². The first-order chi connectivity index (χ1) is 8.54. The molecule has 2 saturated heterocycles. The SMILES string of the molecule is CC(C)(C)c1ccc(N2C[C@H]3CNC[C@H]3C2)nc1. The van der Waals surface area contributed by atoms with Gasteiger partial charge in [0.15, 0.2) is 0 Å². The van der Waals surface area contributed by atoms with Crippen molar-refractivity contribution in [3.8, 4) is 0 Å². The number of hydrogen-bond donors (Lipinski definition) is 1. The van der Waals surface area contributed by atoms with Crippen LogP contribution in [0.15, 0.2) is 18.3 Å². The van der Waals surface area contributed by atoms with Gasteiger partial charge in [0.05, 0.1) is 0 Å². The predicted molar refractivity (Wildman–Crippen MR) is 75.0 cm³/mol. The molecular weight excluding hydrogens is 222 g/mol. The van der Waals surface area contributed by atoms with E-state index in [-0.39, 0.29) is 5.41 Å². The Labute approximate surface area is 110 Å². The van der Waals surface area contributed by atoms with Crippen molar-refractivity contribution in [3.05, 3.63) is 23.9 Å². The van der Waals surface area contributed by atoms with Gasteiger partial charge in [-0.05, 0) is 28.9 Å². The van der Waals surface area contributed by atoms with Crippen molar-refractivity contribution >= 4 is 5.82 Å². The number of rotatable bonds is 1. The van der Waals surface area contributed by atoms with Crippen molar-refractivity contribution in [3.63, 3.8) is 0 Å². The minimum atomic E-state index is 0.191. The minimum Gasteiger partial charge on any atom is -0.356 e. The van der Waals surface area contributed by atoms with Gasteiger partial charge in [0.25, 0.3) is 0 Å². The molecule has 0 amide bonds. The maximum Gasteiger partial charge on any atom is 0.128 e. The fourth-order valence-electron chi connectivity index (χ4n) is 3.06. The average molecular weight is 245 g/mol. The van der Waals surface area contributed by atoms with Gasteiger partial charge in [-0.3, -0.25) is 0 Å². The molecule has 1 aromatic heterocycles. The van der Waals surface area contributed by atoms with Crippen molar-refractivity contribution in [1.29, 1.82) is 0 Å². The number of pyridine rings is 1. The Morgan fingerprint density at radius 2 is 1.83 bits per heavy atom. The smallest absolute Gasteiger partial charge is 0.128 e. The summed E-state index contributed by atoms with van der Waals surface area (Å²) in [5.41, 5.74) is 1.50. The molecule has 1 N–H and O–H groups in total. The quantitative estimate of drug-likeness (QED) is 0.820. The second-order valence-electron chi connectivity index (χ2n) is 6.74. The first kappa shape index (κ1) is 12.0. The molecule has 0 aliphatic carbocycles. The van der Waals surface area contributed by atoms with Crippen LogP contribution in [0.2, 0.25) is 0 Å². The number of nitrogens with zero attached hydrogens (tertiary/aromatic N) is 2. The summed E-state index contributed by atoms with van der Waals surface area (Å²) in [5.74, 6) is 2.81. The third kappa shape index (κ3) is 2.12. The van der Waals surface area contributed by atoms with E-state index >= 15 is 0 Å². The number of aromatic nitrogens is 1. The van der Waals surface area contributed by atoms with Gasteiger partial charge in [-0.1, -0.05) is 26.8 Å². The Hall–Kier alpha value is -1.09. The monoisotopic (exact) mass is 245 g/mol. The van der Waals surface area contributed by atoms with Gasteiger partial charge in [-0.25, -0.2) is 4.98 Å². The van der Waals surface area contributed by atoms with Crippen LogP contribution in [0.4, 0.5) is 5.82 Å². The molecule has 1 aromatic rings. The summed E-state index contributed by atoms with van der Waals surface area (Å²) in [6, 6.07) is 4.42. The van der Waals surface area contributed by atoms with E-state index in [2.05, 4.69) is 48.1 Å². The summed E-state index contributed by atoms with van der Waals surface area (Å²) < 4.78 is 0. The van der Waals surface area contributed by atoms with Gasteiger partial charge < -0.3 is 10.2 Å². The maximum absolute atomic E-state index is 4.66. The summed E-state index contributed by atoms with van der Waals surface area (Å²) in [4.78, 5) is 7.11. The number of anilines is 1. The van der Waals surface area contributed by atoms with Crippen molar-refractivity contribution in [1.82, 2.24) is 10.3 Å². The van der Waals surface area contributed by atoms with E-state index in [0.717, 1.165) is 17.7 Å². The zero-order valence-corrected chi connectivity index (χ0v) is 11.6. The van der Waals surface area contributed by atoms with Gasteiger partial charge >= 0.3 is 0 Å². The molecule has 2 aliphatic heterocycles. The molecule has 18 heavy (non-hydrogen) atoms. The van der Waals surface area contributed by atoms with Crippen molar-refractivity contribution in [2.24, 2.45) is 11.8 Å². The number of fused-ring (bicyclic) bond motifs is 1. The molecule has 0 bridgehead atoms. The largest absolute Gasteiger partial charge is 0.356 e. The molecular formula is C15H23N3. The van der Waals surface area contributed by atoms with E-state index in [9.17, 15) is 0 Å². The molecule has 3 heteroatoms. The lowest BCUT2D eigenvalue weighted by Crippen LogP contribution is -2.26. The second-order valence-corrected chi connectivity index (χ2v) is 6.74. The summed E-state index contributed by atoms with van der Waals surface area (Å²) in [6.45, 7) is 11.4. The molecule has 2 atom stereocenters. The van der Waals surface area contributed by atoms with Gasteiger partial charge in [-0.15, -0.1) is 0 Å². The lowest BCUT2D eigenvalue weighted by molar-refractivity contribution is 0.533. The average Bonchev–Trinajstić information content (AvgIpc) is 2.88. The van der Waals surface area contributed by atoms with E-state index in [4.69, 9.17) is 0 Å². The summed E-state index contributed by atoms with van der Waals surface area (Å²) in [5, 5.41) is 3.48. The third-order valence-electron chi connectivity index (χ3n) is 4.33. The molecule has 2 aliphatic rings. The van der Waals surface area contributed by atoms with Gasteiger partial charge in [0.1, 0.15) is 5.82 Å². The van der Waals surface area contributed by atoms with E-state index in [0.29, 0.717) is 0 Å². The molecule has 3 rings (SSSR count). The fraction of sp³-hybridized carbons (Fsp3) is 0.667. The Morgan fingerprint density at radius 1 is 1.17 bits per heavy atom. The Bertz CT molecular complexity index is 406. The Kier molecular flexibility index (Phi) is 2.81. The van der Waals surface area contributed by atoms with Crippen molar-refractivity contribution in [2.75, 3.05) is 31.1 Å². The van der Waals surface area contributed by atoms with Crippen LogP contribution in [0.3, 0.4) is 0 Å². The van der Waals surface area contributed by atoms with Crippen molar-refractivity contribution < 1.29 is 0 Å². The van der Waals surface area contributed by atoms with Gasteiger partial charge in [0, 0.05) is 32.4 Å².